The highest BCUT2D eigenvalue weighted by Crippen LogP contribution is 2.28. The molecule has 0 radical (unpaired) electrons. The van der Waals surface area contributed by atoms with E-state index in [-0.39, 0.29) is 11.9 Å². The Labute approximate surface area is 64.4 Å². The first-order chi connectivity index (χ1) is 5.20. The zero-order chi connectivity index (χ0) is 8.01. The van der Waals surface area contributed by atoms with Crippen LogP contribution in [-0.2, 0) is 4.79 Å². The molecule has 0 bridgehead atoms. The van der Waals surface area contributed by atoms with E-state index in [1.165, 1.54) is 0 Å². The Kier molecular flexibility index (Phi) is 1.40. The number of hydrogen-bond donors (Lipinski definition) is 2. The van der Waals surface area contributed by atoms with E-state index in [0.29, 0.717) is 19.4 Å². The highest BCUT2D eigenvalue weighted by molar-refractivity contribution is 5.79. The van der Waals surface area contributed by atoms with Crippen molar-refractivity contribution < 1.29 is 15.0 Å². The molecule has 0 aromatic heterocycles. The monoisotopic (exact) mass is 157 g/mol. The standard InChI is InChI=1S/C7H11NO3/c9-5-3-8-4(7(5)11)1-2-6(8)10/h4-5,7,9,11H,1-3H2/t4-,5-,7-/m1/s1. The number of aliphatic hydroxyl groups is 2. The summed E-state index contributed by atoms with van der Waals surface area (Å²) in [5.74, 6) is 0.0607. The molecule has 0 aromatic rings. The molecular weight excluding hydrogens is 146 g/mol. The normalized spacial score (nSPS) is 43.3. The van der Waals surface area contributed by atoms with E-state index in [2.05, 4.69) is 0 Å². The fraction of sp³-hybridized carbons (Fsp3) is 0.857. The molecule has 62 valence electrons. The van der Waals surface area contributed by atoms with E-state index in [4.69, 9.17) is 0 Å². The average molecular weight is 157 g/mol. The zero-order valence-corrected chi connectivity index (χ0v) is 6.10. The lowest BCUT2D eigenvalue weighted by atomic mass is 10.1. The lowest BCUT2D eigenvalue weighted by molar-refractivity contribution is -0.128. The van der Waals surface area contributed by atoms with Gasteiger partial charge in [0, 0.05) is 13.0 Å². The zero-order valence-electron chi connectivity index (χ0n) is 6.10. The summed E-state index contributed by atoms with van der Waals surface area (Å²) < 4.78 is 0. The van der Waals surface area contributed by atoms with Crippen LogP contribution in [0.25, 0.3) is 0 Å². The summed E-state index contributed by atoms with van der Waals surface area (Å²) in [5.41, 5.74) is 0. The van der Waals surface area contributed by atoms with Crippen LogP contribution in [-0.4, -0.2) is 45.8 Å². The summed E-state index contributed by atoms with van der Waals surface area (Å²) >= 11 is 0. The number of carbonyl (C=O) groups is 1. The van der Waals surface area contributed by atoms with Gasteiger partial charge in [0.25, 0.3) is 0 Å². The Hall–Kier alpha value is -0.610. The van der Waals surface area contributed by atoms with Crippen LogP contribution in [0.1, 0.15) is 12.8 Å². The molecule has 2 heterocycles. The van der Waals surface area contributed by atoms with Crippen molar-refractivity contribution in [3.05, 3.63) is 0 Å². The molecule has 0 unspecified atom stereocenters. The molecule has 2 saturated heterocycles. The highest BCUT2D eigenvalue weighted by atomic mass is 16.3. The molecule has 0 spiro atoms. The number of amides is 1. The van der Waals surface area contributed by atoms with Crippen LogP contribution < -0.4 is 0 Å². The molecule has 2 aliphatic rings. The van der Waals surface area contributed by atoms with Crippen molar-refractivity contribution in [1.82, 2.24) is 4.90 Å². The van der Waals surface area contributed by atoms with Gasteiger partial charge in [0.15, 0.2) is 0 Å². The van der Waals surface area contributed by atoms with E-state index in [1.54, 1.807) is 4.90 Å². The maximum absolute atomic E-state index is 11.1. The predicted molar refractivity (Wildman–Crippen MR) is 36.7 cm³/mol. The summed E-state index contributed by atoms with van der Waals surface area (Å²) in [7, 11) is 0. The summed E-state index contributed by atoms with van der Waals surface area (Å²) in [6.07, 6.45) is -0.239. The van der Waals surface area contributed by atoms with Crippen molar-refractivity contribution >= 4 is 5.91 Å². The second-order valence-electron chi connectivity index (χ2n) is 3.21. The molecule has 4 heteroatoms. The predicted octanol–water partition coefficient (Wildman–Crippen LogP) is -1.29. The fourth-order valence-corrected chi connectivity index (χ4v) is 1.91. The molecule has 0 aliphatic carbocycles. The van der Waals surface area contributed by atoms with Gasteiger partial charge in [-0.3, -0.25) is 4.79 Å². The number of carbonyl (C=O) groups excluding carboxylic acids is 1. The summed E-state index contributed by atoms with van der Waals surface area (Å²) in [6.45, 7) is 0.310. The smallest absolute Gasteiger partial charge is 0.223 e. The van der Waals surface area contributed by atoms with Gasteiger partial charge in [0.1, 0.15) is 6.10 Å². The van der Waals surface area contributed by atoms with Gasteiger partial charge in [-0.15, -0.1) is 0 Å². The largest absolute Gasteiger partial charge is 0.388 e. The maximum atomic E-state index is 11.1. The minimum absolute atomic E-state index is 0.0607. The van der Waals surface area contributed by atoms with Crippen molar-refractivity contribution in [2.24, 2.45) is 0 Å². The van der Waals surface area contributed by atoms with Gasteiger partial charge < -0.3 is 15.1 Å². The molecule has 2 rings (SSSR count). The number of fused-ring (bicyclic) bond motifs is 1. The molecule has 11 heavy (non-hydrogen) atoms. The third-order valence-electron chi connectivity index (χ3n) is 2.55. The van der Waals surface area contributed by atoms with Crippen LogP contribution in [0.3, 0.4) is 0 Å². The molecule has 2 aliphatic heterocycles. The minimum atomic E-state index is -0.732. The molecule has 0 aromatic carbocycles. The van der Waals surface area contributed by atoms with Gasteiger partial charge in [-0.25, -0.2) is 0 Å². The Morgan fingerprint density at radius 3 is 2.82 bits per heavy atom. The van der Waals surface area contributed by atoms with E-state index in [9.17, 15) is 15.0 Å². The molecule has 1 amide bonds. The second-order valence-corrected chi connectivity index (χ2v) is 3.21. The van der Waals surface area contributed by atoms with E-state index in [0.717, 1.165) is 0 Å². The van der Waals surface area contributed by atoms with Crippen LogP contribution in [0, 0.1) is 0 Å². The molecule has 0 saturated carbocycles. The Balaban J connectivity index is 2.18. The molecule has 2 fully saturated rings. The van der Waals surface area contributed by atoms with Crippen LogP contribution >= 0.6 is 0 Å². The molecular formula is C7H11NO3. The van der Waals surface area contributed by atoms with Crippen LogP contribution in [0.5, 0.6) is 0 Å². The van der Waals surface area contributed by atoms with Crippen LogP contribution in [0.2, 0.25) is 0 Å². The van der Waals surface area contributed by atoms with Gasteiger partial charge in [0.05, 0.1) is 12.1 Å². The number of hydrogen-bond acceptors (Lipinski definition) is 3. The lowest BCUT2D eigenvalue weighted by Crippen LogP contribution is -2.32. The van der Waals surface area contributed by atoms with Gasteiger partial charge >= 0.3 is 0 Å². The van der Waals surface area contributed by atoms with Crippen molar-refractivity contribution in [2.75, 3.05) is 6.54 Å². The molecule has 4 nitrogen and oxygen atoms in total. The first kappa shape index (κ1) is 7.06. The Morgan fingerprint density at radius 2 is 2.18 bits per heavy atom. The van der Waals surface area contributed by atoms with E-state index < -0.39 is 12.2 Å². The van der Waals surface area contributed by atoms with Crippen molar-refractivity contribution in [1.29, 1.82) is 0 Å². The van der Waals surface area contributed by atoms with E-state index >= 15 is 0 Å². The van der Waals surface area contributed by atoms with Crippen LogP contribution in [0.4, 0.5) is 0 Å². The molecule has 2 N–H and O–H groups in total. The van der Waals surface area contributed by atoms with Crippen LogP contribution in [0.15, 0.2) is 0 Å². The second kappa shape index (κ2) is 2.19. The third kappa shape index (κ3) is 0.862. The first-order valence-corrected chi connectivity index (χ1v) is 3.86. The van der Waals surface area contributed by atoms with E-state index in [1.807, 2.05) is 0 Å². The van der Waals surface area contributed by atoms with Crippen molar-refractivity contribution in [3.63, 3.8) is 0 Å². The first-order valence-electron chi connectivity index (χ1n) is 3.86. The quantitative estimate of drug-likeness (QED) is 0.460. The molecule has 3 atom stereocenters. The Morgan fingerprint density at radius 1 is 1.45 bits per heavy atom. The Bertz CT molecular complexity index is 194. The van der Waals surface area contributed by atoms with Gasteiger partial charge in [-0.05, 0) is 6.42 Å². The van der Waals surface area contributed by atoms with Crippen molar-refractivity contribution in [2.45, 2.75) is 31.1 Å². The van der Waals surface area contributed by atoms with Crippen molar-refractivity contribution in [3.8, 4) is 0 Å². The summed E-state index contributed by atoms with van der Waals surface area (Å²) in [6, 6.07) is -0.113. The number of rotatable bonds is 0. The van der Waals surface area contributed by atoms with Gasteiger partial charge in [-0.2, -0.15) is 0 Å². The highest BCUT2D eigenvalue weighted by Gasteiger charge is 2.45. The topological polar surface area (TPSA) is 60.8 Å². The maximum Gasteiger partial charge on any atom is 0.223 e. The third-order valence-corrected chi connectivity index (χ3v) is 2.55. The minimum Gasteiger partial charge on any atom is -0.388 e. The number of aliphatic hydroxyl groups excluding tert-OH is 2. The lowest BCUT2D eigenvalue weighted by Gasteiger charge is -2.15. The SMILES string of the molecule is O=C1CC[C@@H]2[C@@H](O)[C@H](O)CN12. The summed E-state index contributed by atoms with van der Waals surface area (Å²) in [4.78, 5) is 12.6. The summed E-state index contributed by atoms with van der Waals surface area (Å²) in [5, 5.41) is 18.5. The fourth-order valence-electron chi connectivity index (χ4n) is 1.91. The number of nitrogens with zero attached hydrogens (tertiary/aromatic N) is 1. The average Bonchev–Trinajstić information content (AvgIpc) is 2.43. The van der Waals surface area contributed by atoms with Gasteiger partial charge in [-0.1, -0.05) is 0 Å². The van der Waals surface area contributed by atoms with Gasteiger partial charge in [0.2, 0.25) is 5.91 Å².